The Morgan fingerprint density at radius 1 is 1.25 bits per heavy atom. The minimum Gasteiger partial charge on any atom is -0.311 e. The summed E-state index contributed by atoms with van der Waals surface area (Å²) >= 11 is 0. The molecule has 0 aliphatic rings. The van der Waals surface area contributed by atoms with Gasteiger partial charge in [0.2, 0.25) is 0 Å². The highest BCUT2D eigenvalue weighted by atomic mass is 32.2. The maximum absolute atomic E-state index is 11.1. The summed E-state index contributed by atoms with van der Waals surface area (Å²) in [6.45, 7) is 5.82. The van der Waals surface area contributed by atoms with Gasteiger partial charge in [-0.1, -0.05) is 31.2 Å². The molecule has 2 unspecified atom stereocenters. The standard InChI is InChI=1S/C13H21NOS/c1-4-12-5-7-13(8-6-12)10-14-9-11(2)16(3)15/h5-8,11,14H,4,9-10H2,1-3H3. The maximum Gasteiger partial charge on any atom is 0.0441 e. The predicted molar refractivity (Wildman–Crippen MR) is 71.1 cm³/mol. The van der Waals surface area contributed by atoms with Crippen molar-refractivity contribution in [2.45, 2.75) is 32.1 Å². The van der Waals surface area contributed by atoms with Crippen molar-refractivity contribution in [3.05, 3.63) is 35.4 Å². The second-order valence-corrected chi connectivity index (χ2v) is 5.91. The van der Waals surface area contributed by atoms with Crippen LogP contribution in [-0.2, 0) is 23.8 Å². The van der Waals surface area contributed by atoms with Crippen LogP contribution in [0.15, 0.2) is 24.3 Å². The van der Waals surface area contributed by atoms with Gasteiger partial charge in [-0.05, 0) is 24.5 Å². The molecule has 2 nitrogen and oxygen atoms in total. The van der Waals surface area contributed by atoms with Crippen LogP contribution in [0.4, 0.5) is 0 Å². The van der Waals surface area contributed by atoms with Crippen molar-refractivity contribution in [3.8, 4) is 0 Å². The summed E-state index contributed by atoms with van der Waals surface area (Å²) in [6.07, 6.45) is 2.84. The van der Waals surface area contributed by atoms with Gasteiger partial charge in [-0.15, -0.1) is 0 Å². The van der Waals surface area contributed by atoms with Crippen molar-refractivity contribution >= 4 is 10.8 Å². The van der Waals surface area contributed by atoms with Crippen LogP contribution in [0.1, 0.15) is 25.0 Å². The fourth-order valence-corrected chi connectivity index (χ4v) is 1.78. The Morgan fingerprint density at radius 3 is 2.31 bits per heavy atom. The average Bonchev–Trinajstić information content (AvgIpc) is 2.29. The lowest BCUT2D eigenvalue weighted by Crippen LogP contribution is -2.27. The number of rotatable bonds is 6. The Bertz CT molecular complexity index is 334. The SMILES string of the molecule is CCc1ccc(CNCC(C)S(C)=O)cc1. The molecule has 0 saturated carbocycles. The van der Waals surface area contributed by atoms with Gasteiger partial charge in [0.15, 0.2) is 0 Å². The van der Waals surface area contributed by atoms with Crippen molar-refractivity contribution in [2.75, 3.05) is 12.8 Å². The topological polar surface area (TPSA) is 29.1 Å². The monoisotopic (exact) mass is 239 g/mol. The molecule has 16 heavy (non-hydrogen) atoms. The largest absolute Gasteiger partial charge is 0.311 e. The highest BCUT2D eigenvalue weighted by molar-refractivity contribution is 7.84. The van der Waals surface area contributed by atoms with E-state index in [0.717, 1.165) is 19.5 Å². The molecule has 0 amide bonds. The molecule has 1 N–H and O–H groups in total. The van der Waals surface area contributed by atoms with Gasteiger partial charge in [0, 0.05) is 35.4 Å². The van der Waals surface area contributed by atoms with Crippen molar-refractivity contribution < 1.29 is 4.21 Å². The van der Waals surface area contributed by atoms with Crippen LogP contribution in [0.5, 0.6) is 0 Å². The quantitative estimate of drug-likeness (QED) is 0.824. The lowest BCUT2D eigenvalue weighted by atomic mass is 10.1. The molecule has 1 aromatic rings. The zero-order chi connectivity index (χ0) is 12.0. The van der Waals surface area contributed by atoms with E-state index in [-0.39, 0.29) is 5.25 Å². The first kappa shape index (κ1) is 13.4. The van der Waals surface area contributed by atoms with Crippen molar-refractivity contribution in [2.24, 2.45) is 0 Å². The normalized spacial score (nSPS) is 14.7. The van der Waals surface area contributed by atoms with E-state index >= 15 is 0 Å². The third-order valence-corrected chi connectivity index (χ3v) is 4.06. The van der Waals surface area contributed by atoms with Crippen LogP contribution < -0.4 is 5.32 Å². The Labute approximate surface area is 101 Å². The molecule has 0 aliphatic heterocycles. The van der Waals surface area contributed by atoms with Gasteiger partial charge in [-0.25, -0.2) is 0 Å². The van der Waals surface area contributed by atoms with Gasteiger partial charge < -0.3 is 5.32 Å². The zero-order valence-corrected chi connectivity index (χ0v) is 11.1. The molecule has 1 rings (SSSR count). The third kappa shape index (κ3) is 4.45. The number of benzene rings is 1. The Balaban J connectivity index is 2.34. The van der Waals surface area contributed by atoms with Gasteiger partial charge in [-0.2, -0.15) is 0 Å². The molecule has 1 aromatic carbocycles. The summed E-state index contributed by atoms with van der Waals surface area (Å²) in [5.41, 5.74) is 2.65. The van der Waals surface area contributed by atoms with E-state index in [1.54, 1.807) is 6.26 Å². The van der Waals surface area contributed by atoms with Crippen molar-refractivity contribution in [1.82, 2.24) is 5.32 Å². The summed E-state index contributed by atoms with van der Waals surface area (Å²) in [7, 11) is -0.736. The fraction of sp³-hybridized carbons (Fsp3) is 0.538. The van der Waals surface area contributed by atoms with Gasteiger partial charge in [0.05, 0.1) is 0 Å². The van der Waals surface area contributed by atoms with Gasteiger partial charge in [0.1, 0.15) is 0 Å². The first-order valence-electron chi connectivity index (χ1n) is 5.74. The molecule has 0 aromatic heterocycles. The molecule has 0 radical (unpaired) electrons. The summed E-state index contributed by atoms with van der Waals surface area (Å²) in [5.74, 6) is 0. The van der Waals surface area contributed by atoms with E-state index < -0.39 is 10.8 Å². The van der Waals surface area contributed by atoms with Crippen molar-refractivity contribution in [1.29, 1.82) is 0 Å². The van der Waals surface area contributed by atoms with Crippen LogP contribution in [0, 0.1) is 0 Å². The van der Waals surface area contributed by atoms with E-state index in [1.165, 1.54) is 11.1 Å². The van der Waals surface area contributed by atoms with Crippen LogP contribution in [0.25, 0.3) is 0 Å². The van der Waals surface area contributed by atoms with E-state index in [9.17, 15) is 4.21 Å². The van der Waals surface area contributed by atoms with E-state index in [2.05, 4.69) is 36.5 Å². The van der Waals surface area contributed by atoms with Crippen LogP contribution >= 0.6 is 0 Å². The van der Waals surface area contributed by atoms with Gasteiger partial charge in [-0.3, -0.25) is 4.21 Å². The van der Waals surface area contributed by atoms with E-state index in [1.807, 2.05) is 6.92 Å². The first-order chi connectivity index (χ1) is 7.63. The lowest BCUT2D eigenvalue weighted by molar-refractivity contribution is 0.647. The van der Waals surface area contributed by atoms with Crippen molar-refractivity contribution in [3.63, 3.8) is 0 Å². The van der Waals surface area contributed by atoms with Crippen LogP contribution in [-0.4, -0.2) is 22.3 Å². The molecule has 90 valence electrons. The Hall–Kier alpha value is -0.670. The fourth-order valence-electron chi connectivity index (χ4n) is 1.43. The Morgan fingerprint density at radius 2 is 1.81 bits per heavy atom. The molecule has 0 saturated heterocycles. The summed E-state index contributed by atoms with van der Waals surface area (Å²) in [6, 6.07) is 8.63. The summed E-state index contributed by atoms with van der Waals surface area (Å²) < 4.78 is 11.1. The molecule has 3 heteroatoms. The smallest absolute Gasteiger partial charge is 0.0441 e. The molecule has 0 heterocycles. The Kier molecular flexibility index (Phi) is 5.71. The molecule has 0 fully saturated rings. The first-order valence-corrected chi connectivity index (χ1v) is 7.36. The molecule has 2 atom stereocenters. The van der Waals surface area contributed by atoms with Crippen LogP contribution in [0.2, 0.25) is 0 Å². The minimum atomic E-state index is -0.736. The predicted octanol–water partition coefficient (Wildman–Crippen LogP) is 2.11. The molecule has 0 bridgehead atoms. The average molecular weight is 239 g/mol. The summed E-state index contributed by atoms with van der Waals surface area (Å²) in [4.78, 5) is 0. The molecule has 0 spiro atoms. The molecular formula is C13H21NOS. The van der Waals surface area contributed by atoms with E-state index in [4.69, 9.17) is 0 Å². The molecule has 0 aliphatic carbocycles. The minimum absolute atomic E-state index is 0.218. The number of hydrogen-bond acceptors (Lipinski definition) is 2. The third-order valence-electron chi connectivity index (χ3n) is 2.76. The second kappa shape index (κ2) is 6.81. The van der Waals surface area contributed by atoms with Crippen LogP contribution in [0.3, 0.4) is 0 Å². The lowest BCUT2D eigenvalue weighted by Gasteiger charge is -2.10. The zero-order valence-electron chi connectivity index (χ0n) is 10.3. The second-order valence-electron chi connectivity index (χ2n) is 4.11. The highest BCUT2D eigenvalue weighted by Gasteiger charge is 2.04. The summed E-state index contributed by atoms with van der Waals surface area (Å²) in [5, 5.41) is 3.54. The highest BCUT2D eigenvalue weighted by Crippen LogP contribution is 2.04. The molecular weight excluding hydrogens is 218 g/mol. The number of aryl methyl sites for hydroxylation is 1. The maximum atomic E-state index is 11.1. The number of nitrogens with one attached hydrogen (secondary N) is 1. The van der Waals surface area contributed by atoms with Gasteiger partial charge >= 0.3 is 0 Å². The van der Waals surface area contributed by atoms with E-state index in [0.29, 0.717) is 0 Å². The number of hydrogen-bond donors (Lipinski definition) is 1. The van der Waals surface area contributed by atoms with Gasteiger partial charge in [0.25, 0.3) is 0 Å².